The molecule has 0 saturated heterocycles. The lowest BCUT2D eigenvalue weighted by Gasteiger charge is -2.17. The maximum atomic E-state index is 9.63. The molecule has 1 rings (SSSR count). The summed E-state index contributed by atoms with van der Waals surface area (Å²) < 4.78 is 10.1. The molecule has 0 fully saturated rings. The second-order valence-corrected chi connectivity index (χ2v) is 3.57. The summed E-state index contributed by atoms with van der Waals surface area (Å²) in [5.74, 6) is 1.33. The van der Waals surface area contributed by atoms with E-state index in [2.05, 4.69) is 9.97 Å². The summed E-state index contributed by atoms with van der Waals surface area (Å²) in [5.41, 5.74) is 0. The standard InChI is InChI=1S/C11H18N2O3/c1-5-8(7(2)14)11-12-9(15-3)6-10(13-11)16-4/h6-8,14H,5H2,1-4H3. The summed E-state index contributed by atoms with van der Waals surface area (Å²) in [7, 11) is 3.07. The largest absolute Gasteiger partial charge is 0.481 e. The normalized spacial score (nSPS) is 14.3. The van der Waals surface area contributed by atoms with Gasteiger partial charge < -0.3 is 14.6 Å². The topological polar surface area (TPSA) is 64.5 Å². The van der Waals surface area contributed by atoms with E-state index in [0.29, 0.717) is 17.6 Å². The predicted octanol–water partition coefficient (Wildman–Crippen LogP) is 1.37. The molecule has 2 atom stereocenters. The molecular formula is C11H18N2O3. The fraction of sp³-hybridized carbons (Fsp3) is 0.636. The van der Waals surface area contributed by atoms with Crippen LogP contribution < -0.4 is 9.47 Å². The van der Waals surface area contributed by atoms with Gasteiger partial charge in [-0.05, 0) is 13.3 Å². The zero-order valence-electron chi connectivity index (χ0n) is 10.1. The molecule has 1 N–H and O–H groups in total. The molecule has 0 saturated carbocycles. The van der Waals surface area contributed by atoms with Crippen LogP contribution in [0.5, 0.6) is 11.8 Å². The van der Waals surface area contributed by atoms with Gasteiger partial charge in [-0.3, -0.25) is 0 Å². The van der Waals surface area contributed by atoms with Crippen molar-refractivity contribution in [2.45, 2.75) is 32.3 Å². The number of ether oxygens (including phenoxy) is 2. The Balaban J connectivity index is 3.10. The molecule has 0 spiro atoms. The van der Waals surface area contributed by atoms with E-state index in [1.165, 1.54) is 14.2 Å². The van der Waals surface area contributed by atoms with E-state index in [4.69, 9.17) is 9.47 Å². The number of hydrogen-bond donors (Lipinski definition) is 1. The molecule has 1 aromatic heterocycles. The van der Waals surface area contributed by atoms with Gasteiger partial charge in [-0.25, -0.2) is 0 Å². The quantitative estimate of drug-likeness (QED) is 0.821. The average molecular weight is 226 g/mol. The number of nitrogens with zero attached hydrogens (tertiary/aromatic N) is 2. The van der Waals surface area contributed by atoms with Crippen LogP contribution in [0.15, 0.2) is 6.07 Å². The first kappa shape index (κ1) is 12.7. The Kier molecular flexibility index (Phi) is 4.49. The highest BCUT2D eigenvalue weighted by Crippen LogP contribution is 2.24. The fourth-order valence-corrected chi connectivity index (χ4v) is 1.54. The van der Waals surface area contributed by atoms with Gasteiger partial charge in [0.15, 0.2) is 0 Å². The van der Waals surface area contributed by atoms with Crippen molar-refractivity contribution in [3.8, 4) is 11.8 Å². The molecule has 0 bridgehead atoms. The monoisotopic (exact) mass is 226 g/mol. The van der Waals surface area contributed by atoms with Crippen molar-refractivity contribution in [1.82, 2.24) is 9.97 Å². The predicted molar refractivity (Wildman–Crippen MR) is 59.8 cm³/mol. The molecule has 1 heterocycles. The van der Waals surface area contributed by atoms with Crippen molar-refractivity contribution >= 4 is 0 Å². The number of aliphatic hydroxyl groups excluding tert-OH is 1. The average Bonchev–Trinajstić information content (AvgIpc) is 2.29. The van der Waals surface area contributed by atoms with Gasteiger partial charge in [0.2, 0.25) is 11.8 Å². The highest BCUT2D eigenvalue weighted by molar-refractivity contribution is 5.22. The highest BCUT2D eigenvalue weighted by atomic mass is 16.5. The first-order valence-electron chi connectivity index (χ1n) is 5.27. The van der Waals surface area contributed by atoms with E-state index in [1.807, 2.05) is 6.92 Å². The molecule has 0 amide bonds. The van der Waals surface area contributed by atoms with Crippen LogP contribution in [0.2, 0.25) is 0 Å². The molecule has 0 aliphatic heterocycles. The molecule has 0 aliphatic carbocycles. The van der Waals surface area contributed by atoms with Crippen molar-refractivity contribution < 1.29 is 14.6 Å². The zero-order valence-corrected chi connectivity index (χ0v) is 10.1. The number of hydrogen-bond acceptors (Lipinski definition) is 5. The minimum atomic E-state index is -0.498. The number of aliphatic hydroxyl groups is 1. The van der Waals surface area contributed by atoms with Gasteiger partial charge in [-0.15, -0.1) is 0 Å². The van der Waals surface area contributed by atoms with Crippen LogP contribution in [0.4, 0.5) is 0 Å². The van der Waals surface area contributed by atoms with Crippen LogP contribution in [0.1, 0.15) is 32.0 Å². The van der Waals surface area contributed by atoms with Crippen molar-refractivity contribution in [2.75, 3.05) is 14.2 Å². The minimum Gasteiger partial charge on any atom is -0.481 e. The van der Waals surface area contributed by atoms with Gasteiger partial charge >= 0.3 is 0 Å². The van der Waals surface area contributed by atoms with Gasteiger partial charge in [0.25, 0.3) is 0 Å². The smallest absolute Gasteiger partial charge is 0.220 e. The molecule has 1 aromatic rings. The van der Waals surface area contributed by atoms with Crippen LogP contribution >= 0.6 is 0 Å². The van der Waals surface area contributed by atoms with Crippen molar-refractivity contribution in [2.24, 2.45) is 0 Å². The molecule has 90 valence electrons. The molecule has 0 radical (unpaired) electrons. The van der Waals surface area contributed by atoms with E-state index in [0.717, 1.165) is 6.42 Å². The van der Waals surface area contributed by atoms with Crippen molar-refractivity contribution in [3.63, 3.8) is 0 Å². The van der Waals surface area contributed by atoms with Gasteiger partial charge in [0.05, 0.1) is 26.4 Å². The second-order valence-electron chi connectivity index (χ2n) is 3.57. The zero-order chi connectivity index (χ0) is 12.1. The van der Waals surface area contributed by atoms with E-state index in [9.17, 15) is 5.11 Å². The first-order valence-corrected chi connectivity index (χ1v) is 5.27. The Morgan fingerprint density at radius 2 is 1.75 bits per heavy atom. The third kappa shape index (κ3) is 2.82. The second kappa shape index (κ2) is 5.65. The summed E-state index contributed by atoms with van der Waals surface area (Å²) in [5, 5.41) is 9.63. The Morgan fingerprint density at radius 1 is 1.25 bits per heavy atom. The van der Waals surface area contributed by atoms with Crippen LogP contribution in [0.3, 0.4) is 0 Å². The van der Waals surface area contributed by atoms with E-state index in [-0.39, 0.29) is 5.92 Å². The third-order valence-corrected chi connectivity index (χ3v) is 2.47. The van der Waals surface area contributed by atoms with Gasteiger partial charge in [0.1, 0.15) is 5.82 Å². The molecule has 5 nitrogen and oxygen atoms in total. The summed E-state index contributed by atoms with van der Waals surface area (Å²) in [6, 6.07) is 1.61. The third-order valence-electron chi connectivity index (χ3n) is 2.47. The van der Waals surface area contributed by atoms with E-state index < -0.39 is 6.10 Å². The summed E-state index contributed by atoms with van der Waals surface area (Å²) in [6.07, 6.45) is 0.260. The van der Waals surface area contributed by atoms with Crippen molar-refractivity contribution in [3.05, 3.63) is 11.9 Å². The number of aromatic nitrogens is 2. The Labute approximate surface area is 95.4 Å². The van der Waals surface area contributed by atoms with Crippen LogP contribution in [-0.2, 0) is 0 Å². The Bertz CT molecular complexity index is 320. The fourth-order valence-electron chi connectivity index (χ4n) is 1.54. The molecule has 0 aliphatic rings. The van der Waals surface area contributed by atoms with Gasteiger partial charge in [-0.1, -0.05) is 6.92 Å². The molecule has 16 heavy (non-hydrogen) atoms. The lowest BCUT2D eigenvalue weighted by atomic mass is 10.00. The lowest BCUT2D eigenvalue weighted by molar-refractivity contribution is 0.155. The Hall–Kier alpha value is -1.36. The van der Waals surface area contributed by atoms with Crippen LogP contribution in [0, 0.1) is 0 Å². The number of rotatable bonds is 5. The molecule has 0 aromatic carbocycles. The molecular weight excluding hydrogens is 208 g/mol. The van der Waals surface area contributed by atoms with Crippen LogP contribution in [-0.4, -0.2) is 35.4 Å². The van der Waals surface area contributed by atoms with Gasteiger partial charge in [-0.2, -0.15) is 9.97 Å². The van der Waals surface area contributed by atoms with E-state index in [1.54, 1.807) is 13.0 Å². The van der Waals surface area contributed by atoms with Crippen molar-refractivity contribution in [1.29, 1.82) is 0 Å². The highest BCUT2D eigenvalue weighted by Gasteiger charge is 2.20. The lowest BCUT2D eigenvalue weighted by Crippen LogP contribution is -2.17. The van der Waals surface area contributed by atoms with Gasteiger partial charge in [0, 0.05) is 5.92 Å². The summed E-state index contributed by atoms with van der Waals surface area (Å²) in [6.45, 7) is 3.70. The number of methoxy groups -OCH3 is 2. The maximum absolute atomic E-state index is 9.63. The van der Waals surface area contributed by atoms with E-state index >= 15 is 0 Å². The maximum Gasteiger partial charge on any atom is 0.220 e. The molecule has 5 heteroatoms. The van der Waals surface area contributed by atoms with Crippen LogP contribution in [0.25, 0.3) is 0 Å². The SMILES string of the molecule is CCC(c1nc(OC)cc(OC)n1)C(C)O. The minimum absolute atomic E-state index is 0.107. The summed E-state index contributed by atoms with van der Waals surface area (Å²) in [4.78, 5) is 8.44. The Morgan fingerprint density at radius 3 is 2.06 bits per heavy atom. The first-order chi connectivity index (χ1) is 7.62. The summed E-state index contributed by atoms with van der Waals surface area (Å²) >= 11 is 0. The molecule has 2 unspecified atom stereocenters.